The van der Waals surface area contributed by atoms with Crippen LogP contribution >= 0.6 is 0 Å². The number of benzene rings is 1. The van der Waals surface area contributed by atoms with Crippen LogP contribution < -0.4 is 4.90 Å². The number of unbranched alkanes of at least 4 members (excludes halogenated alkanes) is 4. The molecule has 116 valence electrons. The number of rotatable bonds is 6. The number of hydrogen-bond acceptors (Lipinski definition) is 2. The fourth-order valence-electron chi connectivity index (χ4n) is 4.03. The molecular weight excluding hydrogens is 258 g/mol. The summed E-state index contributed by atoms with van der Waals surface area (Å²) in [6.07, 6.45) is 9.20. The van der Waals surface area contributed by atoms with Crippen LogP contribution in [0.3, 0.4) is 0 Å². The summed E-state index contributed by atoms with van der Waals surface area (Å²) >= 11 is 0. The largest absolute Gasteiger partial charge is 0.381 e. The maximum atomic E-state index is 5.61. The average Bonchev–Trinajstić information content (AvgIpc) is 2.82. The molecule has 0 N–H and O–H groups in total. The quantitative estimate of drug-likeness (QED) is 0.713. The van der Waals surface area contributed by atoms with Crippen molar-refractivity contribution < 1.29 is 4.74 Å². The summed E-state index contributed by atoms with van der Waals surface area (Å²) in [5.41, 5.74) is 3.45. The molecule has 1 saturated heterocycles. The molecule has 0 aliphatic carbocycles. The predicted octanol–water partition coefficient (Wildman–Crippen LogP) is 4.53. The van der Waals surface area contributed by atoms with Gasteiger partial charge in [0.05, 0.1) is 0 Å². The minimum absolute atomic E-state index is 0.373. The first-order valence-corrected chi connectivity index (χ1v) is 8.78. The second kappa shape index (κ2) is 6.83. The molecule has 0 unspecified atom stereocenters. The lowest BCUT2D eigenvalue weighted by Gasteiger charge is -2.34. The van der Waals surface area contributed by atoms with E-state index >= 15 is 0 Å². The fourth-order valence-corrected chi connectivity index (χ4v) is 4.03. The van der Waals surface area contributed by atoms with E-state index in [4.69, 9.17) is 4.74 Å². The highest BCUT2D eigenvalue weighted by Crippen LogP contribution is 2.46. The van der Waals surface area contributed by atoms with Crippen molar-refractivity contribution in [2.75, 3.05) is 31.2 Å². The smallest absolute Gasteiger partial charge is 0.0475 e. The zero-order chi connectivity index (χ0) is 14.5. The zero-order valence-corrected chi connectivity index (χ0v) is 13.4. The van der Waals surface area contributed by atoms with Crippen molar-refractivity contribution in [1.82, 2.24) is 0 Å². The molecule has 2 aliphatic rings. The summed E-state index contributed by atoms with van der Waals surface area (Å²) in [6.45, 7) is 6.58. The van der Waals surface area contributed by atoms with Gasteiger partial charge in [0.15, 0.2) is 0 Å². The Balaban J connectivity index is 1.66. The van der Waals surface area contributed by atoms with Crippen molar-refractivity contribution in [1.29, 1.82) is 0 Å². The van der Waals surface area contributed by atoms with E-state index in [1.54, 1.807) is 5.56 Å². The van der Waals surface area contributed by atoms with E-state index in [9.17, 15) is 0 Å². The van der Waals surface area contributed by atoms with Crippen LogP contribution in [0.15, 0.2) is 24.3 Å². The molecule has 0 amide bonds. The molecule has 2 heteroatoms. The van der Waals surface area contributed by atoms with Crippen molar-refractivity contribution in [3.05, 3.63) is 29.8 Å². The number of fused-ring (bicyclic) bond motifs is 2. The summed E-state index contributed by atoms with van der Waals surface area (Å²) in [6, 6.07) is 9.09. The number of hydrogen-bond donors (Lipinski definition) is 0. The molecule has 2 nitrogen and oxygen atoms in total. The maximum Gasteiger partial charge on any atom is 0.0475 e. The Morgan fingerprint density at radius 1 is 1.05 bits per heavy atom. The lowest BCUT2D eigenvalue weighted by Crippen LogP contribution is -2.38. The minimum atomic E-state index is 0.373. The Bertz CT molecular complexity index is 451. The van der Waals surface area contributed by atoms with Crippen LogP contribution in [0.1, 0.15) is 57.4 Å². The van der Waals surface area contributed by atoms with Crippen LogP contribution in [0.25, 0.3) is 0 Å². The summed E-state index contributed by atoms with van der Waals surface area (Å²) < 4.78 is 5.61. The van der Waals surface area contributed by atoms with E-state index in [0.29, 0.717) is 5.41 Å². The van der Waals surface area contributed by atoms with Gasteiger partial charge in [0.1, 0.15) is 0 Å². The summed E-state index contributed by atoms with van der Waals surface area (Å²) in [5.74, 6) is 0. The van der Waals surface area contributed by atoms with Gasteiger partial charge < -0.3 is 9.64 Å². The molecule has 21 heavy (non-hydrogen) atoms. The first-order chi connectivity index (χ1) is 10.4. The Kier molecular flexibility index (Phi) is 4.84. The molecule has 2 aliphatic heterocycles. The molecule has 1 spiro atoms. The Morgan fingerprint density at radius 3 is 2.62 bits per heavy atom. The van der Waals surface area contributed by atoms with E-state index in [1.807, 2.05) is 0 Å². The monoisotopic (exact) mass is 287 g/mol. The Labute approximate surface area is 129 Å². The van der Waals surface area contributed by atoms with Gasteiger partial charge >= 0.3 is 0 Å². The van der Waals surface area contributed by atoms with Gasteiger partial charge in [-0.2, -0.15) is 0 Å². The van der Waals surface area contributed by atoms with Crippen molar-refractivity contribution in [3.63, 3.8) is 0 Å². The SMILES string of the molecule is CCCCCCCN1CC2(CCOCC2)c2ccccc21. The van der Waals surface area contributed by atoms with Crippen LogP contribution in [0.2, 0.25) is 0 Å². The molecule has 1 aromatic rings. The summed E-state index contributed by atoms with van der Waals surface area (Å²) in [7, 11) is 0. The van der Waals surface area contributed by atoms with E-state index in [-0.39, 0.29) is 0 Å². The van der Waals surface area contributed by atoms with Crippen LogP contribution in [0.5, 0.6) is 0 Å². The third kappa shape index (κ3) is 3.11. The van der Waals surface area contributed by atoms with Crippen molar-refractivity contribution in [2.24, 2.45) is 0 Å². The summed E-state index contributed by atoms with van der Waals surface area (Å²) in [5, 5.41) is 0. The third-order valence-corrected chi connectivity index (χ3v) is 5.29. The van der Waals surface area contributed by atoms with Crippen molar-refractivity contribution in [3.8, 4) is 0 Å². The van der Waals surface area contributed by atoms with Crippen molar-refractivity contribution in [2.45, 2.75) is 57.3 Å². The molecule has 0 radical (unpaired) electrons. The number of para-hydroxylation sites is 1. The molecule has 2 heterocycles. The van der Waals surface area contributed by atoms with E-state index < -0.39 is 0 Å². The normalized spacial score (nSPS) is 20.0. The van der Waals surface area contributed by atoms with Crippen LogP contribution in [0, 0.1) is 0 Å². The van der Waals surface area contributed by atoms with Gasteiger partial charge in [-0.25, -0.2) is 0 Å². The fraction of sp³-hybridized carbons (Fsp3) is 0.684. The van der Waals surface area contributed by atoms with Gasteiger partial charge in [-0.05, 0) is 30.9 Å². The number of anilines is 1. The Morgan fingerprint density at radius 2 is 1.81 bits per heavy atom. The van der Waals surface area contributed by atoms with Gasteiger partial charge in [-0.3, -0.25) is 0 Å². The third-order valence-electron chi connectivity index (χ3n) is 5.29. The highest BCUT2D eigenvalue weighted by atomic mass is 16.5. The number of nitrogens with zero attached hydrogens (tertiary/aromatic N) is 1. The second-order valence-electron chi connectivity index (χ2n) is 6.75. The standard InChI is InChI=1S/C19H29NO/c1-2-3-4-5-8-13-20-16-19(11-14-21-15-12-19)17-9-6-7-10-18(17)20/h6-7,9-10H,2-5,8,11-16H2,1H3. The molecular formula is C19H29NO. The van der Waals surface area contributed by atoms with Gasteiger partial charge in [-0.15, -0.1) is 0 Å². The van der Waals surface area contributed by atoms with E-state index in [1.165, 1.54) is 63.7 Å². The summed E-state index contributed by atoms with van der Waals surface area (Å²) in [4.78, 5) is 2.65. The van der Waals surface area contributed by atoms with E-state index in [2.05, 4.69) is 36.1 Å². The van der Waals surface area contributed by atoms with Gasteiger partial charge in [0.2, 0.25) is 0 Å². The average molecular weight is 287 g/mol. The molecule has 0 atom stereocenters. The maximum absolute atomic E-state index is 5.61. The minimum Gasteiger partial charge on any atom is -0.381 e. The first kappa shape index (κ1) is 14.9. The highest BCUT2D eigenvalue weighted by Gasteiger charge is 2.43. The van der Waals surface area contributed by atoms with Gasteiger partial charge in [-0.1, -0.05) is 50.8 Å². The van der Waals surface area contributed by atoms with E-state index in [0.717, 1.165) is 13.2 Å². The Hall–Kier alpha value is -1.02. The van der Waals surface area contributed by atoms with Crippen LogP contribution in [-0.2, 0) is 10.2 Å². The zero-order valence-electron chi connectivity index (χ0n) is 13.4. The molecule has 0 saturated carbocycles. The van der Waals surface area contributed by atoms with Gasteiger partial charge in [0, 0.05) is 37.4 Å². The van der Waals surface area contributed by atoms with Crippen molar-refractivity contribution >= 4 is 5.69 Å². The molecule has 1 fully saturated rings. The molecule has 0 bridgehead atoms. The molecule has 0 aromatic heterocycles. The lowest BCUT2D eigenvalue weighted by molar-refractivity contribution is 0.0553. The predicted molar refractivity (Wildman–Crippen MR) is 89.1 cm³/mol. The topological polar surface area (TPSA) is 12.5 Å². The van der Waals surface area contributed by atoms with Gasteiger partial charge in [0.25, 0.3) is 0 Å². The number of ether oxygens (including phenoxy) is 1. The molecule has 3 rings (SSSR count). The van der Waals surface area contributed by atoms with Crippen LogP contribution in [0.4, 0.5) is 5.69 Å². The second-order valence-corrected chi connectivity index (χ2v) is 6.75. The van der Waals surface area contributed by atoms with Crippen LogP contribution in [-0.4, -0.2) is 26.3 Å². The highest BCUT2D eigenvalue weighted by molar-refractivity contribution is 5.62. The lowest BCUT2D eigenvalue weighted by atomic mass is 9.76. The molecule has 1 aromatic carbocycles. The first-order valence-electron chi connectivity index (χ1n) is 8.78.